The Bertz CT molecular complexity index is 3880. The molecule has 1 aromatic heterocycles. The van der Waals surface area contributed by atoms with E-state index < -0.39 is 0 Å². The summed E-state index contributed by atoms with van der Waals surface area (Å²) in [4.78, 5) is 2.42. The van der Waals surface area contributed by atoms with Gasteiger partial charge in [-0.15, -0.1) is 0 Å². The average molecular weight is 855 g/mol. The van der Waals surface area contributed by atoms with Gasteiger partial charge in [-0.05, 0) is 139 Å². The molecule has 0 N–H and O–H groups in total. The normalized spacial score (nSPS) is 12.7. The van der Waals surface area contributed by atoms with E-state index in [-0.39, 0.29) is 5.41 Å². The van der Waals surface area contributed by atoms with E-state index in [1.807, 2.05) is 0 Å². The first-order valence-electron chi connectivity index (χ1n) is 23.3. The summed E-state index contributed by atoms with van der Waals surface area (Å²) in [7, 11) is 0. The molecule has 316 valence electrons. The van der Waals surface area contributed by atoms with Gasteiger partial charge in [-0.25, -0.2) is 0 Å². The molecule has 0 amide bonds. The van der Waals surface area contributed by atoms with Crippen LogP contribution >= 0.6 is 0 Å². The summed E-state index contributed by atoms with van der Waals surface area (Å²) in [5.74, 6) is 0. The second kappa shape index (κ2) is 15.3. The van der Waals surface area contributed by atoms with Gasteiger partial charge in [-0.1, -0.05) is 190 Å². The third kappa shape index (κ3) is 6.40. The predicted molar refractivity (Wildman–Crippen MR) is 284 cm³/mol. The molecule has 0 saturated heterocycles. The van der Waals surface area contributed by atoms with Gasteiger partial charge < -0.3 is 9.47 Å². The minimum Gasteiger partial charge on any atom is -0.310 e. The maximum Gasteiger partial charge on any atom is 0.0541 e. The number of anilines is 3. The quantitative estimate of drug-likeness (QED) is 0.155. The lowest BCUT2D eigenvalue weighted by Gasteiger charge is -2.28. The molecular weight excluding hydrogens is 809 g/mol. The maximum atomic E-state index is 2.43. The van der Waals surface area contributed by atoms with Gasteiger partial charge in [0, 0.05) is 38.6 Å². The summed E-state index contributed by atoms with van der Waals surface area (Å²) in [6.45, 7) is 4.72. The summed E-state index contributed by atoms with van der Waals surface area (Å²) >= 11 is 0. The zero-order valence-corrected chi connectivity index (χ0v) is 37.5. The second-order valence-electron chi connectivity index (χ2n) is 18.6. The van der Waals surface area contributed by atoms with E-state index in [1.54, 1.807) is 0 Å². The fourth-order valence-electron chi connectivity index (χ4n) is 10.9. The van der Waals surface area contributed by atoms with Crippen molar-refractivity contribution in [2.24, 2.45) is 0 Å². The van der Waals surface area contributed by atoms with Gasteiger partial charge in [0.2, 0.25) is 0 Å². The van der Waals surface area contributed by atoms with Crippen LogP contribution in [-0.2, 0) is 5.41 Å². The highest BCUT2D eigenvalue weighted by molar-refractivity contribution is 6.11. The van der Waals surface area contributed by atoms with Crippen LogP contribution < -0.4 is 4.90 Å². The Labute approximate surface area is 391 Å². The van der Waals surface area contributed by atoms with Gasteiger partial charge in [-0.2, -0.15) is 0 Å². The molecule has 0 bridgehead atoms. The third-order valence-corrected chi connectivity index (χ3v) is 14.4. The average Bonchev–Trinajstić information content (AvgIpc) is 3.83. The predicted octanol–water partition coefficient (Wildman–Crippen LogP) is 17.9. The van der Waals surface area contributed by atoms with E-state index in [9.17, 15) is 0 Å². The molecule has 0 spiro atoms. The van der Waals surface area contributed by atoms with Gasteiger partial charge in [0.05, 0.1) is 16.7 Å². The summed E-state index contributed by atoms with van der Waals surface area (Å²) in [5.41, 5.74) is 19.4. The van der Waals surface area contributed by atoms with Crippen LogP contribution in [0.5, 0.6) is 0 Å². The molecule has 2 nitrogen and oxygen atoms in total. The Balaban J connectivity index is 0.872. The zero-order valence-electron chi connectivity index (χ0n) is 37.5. The van der Waals surface area contributed by atoms with Crippen molar-refractivity contribution in [3.8, 4) is 50.2 Å². The van der Waals surface area contributed by atoms with Crippen LogP contribution in [0.2, 0.25) is 0 Å². The summed E-state index contributed by atoms with van der Waals surface area (Å²) < 4.78 is 2.43. The highest BCUT2D eigenvalue weighted by Gasteiger charge is 2.35. The van der Waals surface area contributed by atoms with Crippen LogP contribution in [0.3, 0.4) is 0 Å². The maximum absolute atomic E-state index is 2.43. The fourth-order valence-corrected chi connectivity index (χ4v) is 10.9. The first kappa shape index (κ1) is 39.0. The minimum absolute atomic E-state index is 0.116. The van der Waals surface area contributed by atoms with Crippen molar-refractivity contribution >= 4 is 60.4 Å². The molecule has 2 heteroatoms. The highest BCUT2D eigenvalue weighted by Crippen LogP contribution is 2.51. The highest BCUT2D eigenvalue weighted by atomic mass is 15.1. The Morgan fingerprint density at radius 2 is 0.866 bits per heavy atom. The first-order chi connectivity index (χ1) is 33.0. The van der Waals surface area contributed by atoms with E-state index in [0.717, 1.165) is 17.1 Å². The Kier molecular flexibility index (Phi) is 8.91. The fraction of sp³-hybridized carbons (Fsp3) is 0.0462. The standard InChI is InChI=1S/C65H46N2/c1-65(2)60-22-9-7-20-56(60)57-37-36-54(42-61(57)65)66(52-34-31-46(32-35-52)50-30-29-43-13-3-4-15-48(43)39-50)53-18-11-17-49(40-53)44-25-27-45(28-26-44)51-33-38-64-59(41-51)58-21-8-10-23-63(58)67(64)62-24-12-16-47-14-5-6-19-55(47)62/h3-42H,1-2H3. The largest absolute Gasteiger partial charge is 0.310 e. The van der Waals surface area contributed by atoms with Crippen molar-refractivity contribution in [3.63, 3.8) is 0 Å². The van der Waals surface area contributed by atoms with Gasteiger partial charge in [0.25, 0.3) is 0 Å². The van der Waals surface area contributed by atoms with Gasteiger partial charge >= 0.3 is 0 Å². The summed E-state index contributed by atoms with van der Waals surface area (Å²) in [5, 5.41) is 7.50. The van der Waals surface area contributed by atoms with E-state index in [1.165, 1.54) is 105 Å². The molecule has 11 aromatic carbocycles. The third-order valence-electron chi connectivity index (χ3n) is 14.4. The lowest BCUT2D eigenvalue weighted by atomic mass is 9.82. The van der Waals surface area contributed by atoms with Crippen LogP contribution in [0.25, 0.3) is 93.5 Å². The van der Waals surface area contributed by atoms with Gasteiger partial charge in [0.1, 0.15) is 0 Å². The molecule has 0 atom stereocenters. The van der Waals surface area contributed by atoms with Crippen molar-refractivity contribution in [1.82, 2.24) is 4.57 Å². The minimum atomic E-state index is -0.116. The van der Waals surface area contributed by atoms with Crippen molar-refractivity contribution in [2.45, 2.75) is 19.3 Å². The number of rotatable bonds is 7. The van der Waals surface area contributed by atoms with Crippen LogP contribution in [0, 0.1) is 0 Å². The number of para-hydroxylation sites is 1. The smallest absolute Gasteiger partial charge is 0.0541 e. The van der Waals surface area contributed by atoms with Gasteiger partial charge in [-0.3, -0.25) is 0 Å². The number of hydrogen-bond acceptors (Lipinski definition) is 1. The Morgan fingerprint density at radius 3 is 1.69 bits per heavy atom. The van der Waals surface area contributed by atoms with Crippen LogP contribution in [0.4, 0.5) is 17.1 Å². The molecule has 0 aliphatic heterocycles. The number of aromatic nitrogens is 1. The molecule has 0 radical (unpaired) electrons. The SMILES string of the molecule is CC1(C)c2ccccc2-c2ccc(N(c3ccc(-c4ccc5ccccc5c4)cc3)c3cccc(-c4ccc(-c5ccc6c(c5)c5ccccc5n6-c5cccc6ccccc56)cc4)c3)cc21. The van der Waals surface area contributed by atoms with E-state index in [4.69, 9.17) is 0 Å². The number of benzene rings is 11. The van der Waals surface area contributed by atoms with Crippen LogP contribution in [0.15, 0.2) is 243 Å². The monoisotopic (exact) mass is 854 g/mol. The van der Waals surface area contributed by atoms with Gasteiger partial charge in [0.15, 0.2) is 0 Å². The molecule has 1 aliphatic rings. The molecular formula is C65H46N2. The van der Waals surface area contributed by atoms with E-state index >= 15 is 0 Å². The molecule has 67 heavy (non-hydrogen) atoms. The first-order valence-corrected chi connectivity index (χ1v) is 23.3. The van der Waals surface area contributed by atoms with Crippen LogP contribution in [0.1, 0.15) is 25.0 Å². The van der Waals surface area contributed by atoms with Crippen molar-refractivity contribution in [1.29, 1.82) is 0 Å². The molecule has 0 fully saturated rings. The van der Waals surface area contributed by atoms with Crippen molar-refractivity contribution in [2.75, 3.05) is 4.90 Å². The zero-order chi connectivity index (χ0) is 44.6. The molecule has 13 rings (SSSR count). The molecule has 0 saturated carbocycles. The number of nitrogens with zero attached hydrogens (tertiary/aromatic N) is 2. The summed E-state index contributed by atoms with van der Waals surface area (Å²) in [6, 6.07) is 89.4. The second-order valence-corrected chi connectivity index (χ2v) is 18.6. The topological polar surface area (TPSA) is 8.17 Å². The Morgan fingerprint density at radius 1 is 0.313 bits per heavy atom. The lowest BCUT2D eigenvalue weighted by molar-refractivity contribution is 0.660. The molecule has 1 aliphatic carbocycles. The van der Waals surface area contributed by atoms with E-state index in [0.29, 0.717) is 0 Å². The number of hydrogen-bond donors (Lipinski definition) is 0. The Hall–Kier alpha value is -8.46. The molecule has 0 unspecified atom stereocenters. The number of fused-ring (bicyclic) bond motifs is 8. The molecule has 1 heterocycles. The van der Waals surface area contributed by atoms with Crippen molar-refractivity contribution < 1.29 is 0 Å². The summed E-state index contributed by atoms with van der Waals surface area (Å²) in [6.07, 6.45) is 0. The van der Waals surface area contributed by atoms with Crippen molar-refractivity contribution in [3.05, 3.63) is 254 Å². The molecule has 12 aromatic rings. The van der Waals surface area contributed by atoms with E-state index in [2.05, 4.69) is 266 Å². The lowest BCUT2D eigenvalue weighted by Crippen LogP contribution is -2.16. The van der Waals surface area contributed by atoms with Crippen LogP contribution in [-0.4, -0.2) is 4.57 Å².